The molecule has 0 radical (unpaired) electrons. The van der Waals surface area contributed by atoms with Crippen LogP contribution in [0, 0.1) is 12.8 Å². The van der Waals surface area contributed by atoms with Crippen LogP contribution >= 0.6 is 0 Å². The number of rotatable bonds is 6. The zero-order valence-corrected chi connectivity index (χ0v) is 10.1. The highest BCUT2D eigenvalue weighted by molar-refractivity contribution is 5.76. The molecule has 1 atom stereocenters. The molecule has 0 aromatic heterocycles. The van der Waals surface area contributed by atoms with Crippen LogP contribution in [0.15, 0.2) is 24.3 Å². The highest BCUT2D eigenvalue weighted by Gasteiger charge is 2.24. The van der Waals surface area contributed by atoms with Gasteiger partial charge in [0.1, 0.15) is 5.92 Å². The fraction of sp³-hybridized carbons (Fsp3) is 0.500. The van der Waals surface area contributed by atoms with Crippen LogP contribution in [-0.2, 0) is 9.53 Å². The van der Waals surface area contributed by atoms with Crippen LogP contribution in [0.4, 0.5) is 0 Å². The molecule has 1 fully saturated rings. The van der Waals surface area contributed by atoms with Gasteiger partial charge in [0.15, 0.2) is 0 Å². The smallest absolute Gasteiger partial charge is 0.313 e. The number of aryl methyl sites for hydroxylation is 1. The Bertz CT molecular complexity index is 396. The minimum absolute atomic E-state index is 0.273. The maximum atomic E-state index is 11.2. The van der Waals surface area contributed by atoms with Gasteiger partial charge in [0.2, 0.25) is 0 Å². The molecule has 0 spiro atoms. The molecule has 3 nitrogen and oxygen atoms in total. The van der Waals surface area contributed by atoms with Gasteiger partial charge in [0, 0.05) is 6.61 Å². The second-order valence-electron chi connectivity index (χ2n) is 4.79. The fourth-order valence-corrected chi connectivity index (χ4v) is 1.83. The number of hydrogen-bond donors (Lipinski definition) is 1. The van der Waals surface area contributed by atoms with Crippen molar-refractivity contribution >= 4 is 5.97 Å². The normalized spacial score (nSPS) is 16.8. The molecular formula is C14H18O3. The summed E-state index contributed by atoms with van der Waals surface area (Å²) in [6, 6.07) is 7.63. The van der Waals surface area contributed by atoms with Crippen molar-refractivity contribution in [3.8, 4) is 0 Å². The van der Waals surface area contributed by atoms with Gasteiger partial charge in [-0.15, -0.1) is 0 Å². The molecule has 1 aromatic rings. The molecule has 0 amide bonds. The minimum Gasteiger partial charge on any atom is -0.481 e. The first-order valence-corrected chi connectivity index (χ1v) is 6.04. The topological polar surface area (TPSA) is 46.5 Å². The summed E-state index contributed by atoms with van der Waals surface area (Å²) in [6.45, 7) is 2.94. The number of benzene rings is 1. The van der Waals surface area contributed by atoms with Gasteiger partial charge in [0.25, 0.3) is 0 Å². The molecule has 0 bridgehead atoms. The van der Waals surface area contributed by atoms with Gasteiger partial charge in [-0.25, -0.2) is 0 Å². The second kappa shape index (κ2) is 5.32. The van der Waals surface area contributed by atoms with Crippen molar-refractivity contribution in [1.29, 1.82) is 0 Å². The van der Waals surface area contributed by atoms with E-state index < -0.39 is 11.9 Å². The van der Waals surface area contributed by atoms with Gasteiger partial charge < -0.3 is 9.84 Å². The number of hydrogen-bond acceptors (Lipinski definition) is 2. The Balaban J connectivity index is 1.97. The Kier molecular flexibility index (Phi) is 3.79. The van der Waals surface area contributed by atoms with E-state index in [1.165, 1.54) is 12.8 Å². The first-order chi connectivity index (χ1) is 8.16. The first kappa shape index (κ1) is 12.1. The van der Waals surface area contributed by atoms with Gasteiger partial charge >= 0.3 is 5.97 Å². The molecular weight excluding hydrogens is 216 g/mol. The van der Waals surface area contributed by atoms with E-state index in [2.05, 4.69) is 0 Å². The van der Waals surface area contributed by atoms with Crippen molar-refractivity contribution in [2.75, 3.05) is 13.2 Å². The average Bonchev–Trinajstić information content (AvgIpc) is 3.07. The van der Waals surface area contributed by atoms with E-state index in [-0.39, 0.29) is 6.61 Å². The lowest BCUT2D eigenvalue weighted by Crippen LogP contribution is -2.18. The predicted molar refractivity (Wildman–Crippen MR) is 65.1 cm³/mol. The Hall–Kier alpha value is -1.35. The molecule has 2 rings (SSSR count). The molecule has 1 unspecified atom stereocenters. The lowest BCUT2D eigenvalue weighted by molar-refractivity contribution is -0.140. The zero-order chi connectivity index (χ0) is 12.3. The molecule has 0 saturated heterocycles. The summed E-state index contributed by atoms with van der Waals surface area (Å²) in [5.74, 6) is -0.693. The Morgan fingerprint density at radius 1 is 1.53 bits per heavy atom. The summed E-state index contributed by atoms with van der Waals surface area (Å²) < 4.78 is 5.49. The molecule has 0 aliphatic heterocycles. The second-order valence-corrected chi connectivity index (χ2v) is 4.79. The maximum absolute atomic E-state index is 11.2. The lowest BCUT2D eigenvalue weighted by atomic mass is 9.98. The minimum atomic E-state index is -0.814. The predicted octanol–water partition coefficient (Wildman–Crippen LogP) is 2.59. The van der Waals surface area contributed by atoms with E-state index in [4.69, 9.17) is 4.74 Å². The van der Waals surface area contributed by atoms with Crippen LogP contribution in [-0.4, -0.2) is 24.3 Å². The number of carboxylic acids is 1. The highest BCUT2D eigenvalue weighted by atomic mass is 16.5. The number of aliphatic carboxylic acids is 1. The van der Waals surface area contributed by atoms with Crippen molar-refractivity contribution < 1.29 is 14.6 Å². The number of carbonyl (C=O) groups is 1. The Labute approximate surface area is 101 Å². The van der Waals surface area contributed by atoms with Crippen molar-refractivity contribution in [1.82, 2.24) is 0 Å². The molecule has 17 heavy (non-hydrogen) atoms. The van der Waals surface area contributed by atoms with Crippen molar-refractivity contribution in [3.05, 3.63) is 35.4 Å². The van der Waals surface area contributed by atoms with Crippen LogP contribution in [0.3, 0.4) is 0 Å². The van der Waals surface area contributed by atoms with E-state index in [0.717, 1.165) is 11.1 Å². The molecule has 0 heterocycles. The quantitative estimate of drug-likeness (QED) is 0.823. The first-order valence-electron chi connectivity index (χ1n) is 6.04. The van der Waals surface area contributed by atoms with Gasteiger partial charge in [-0.1, -0.05) is 29.8 Å². The molecule has 1 saturated carbocycles. The molecule has 1 N–H and O–H groups in total. The van der Waals surface area contributed by atoms with Crippen molar-refractivity contribution in [2.24, 2.45) is 5.92 Å². The molecule has 92 valence electrons. The maximum Gasteiger partial charge on any atom is 0.313 e. The monoisotopic (exact) mass is 234 g/mol. The van der Waals surface area contributed by atoms with Crippen LogP contribution in [0.5, 0.6) is 0 Å². The van der Waals surface area contributed by atoms with Crippen molar-refractivity contribution in [3.63, 3.8) is 0 Å². The van der Waals surface area contributed by atoms with Crippen LogP contribution in [0.25, 0.3) is 0 Å². The Morgan fingerprint density at radius 3 is 2.88 bits per heavy atom. The largest absolute Gasteiger partial charge is 0.481 e. The van der Waals surface area contributed by atoms with Crippen LogP contribution in [0.2, 0.25) is 0 Å². The summed E-state index contributed by atoms with van der Waals surface area (Å²) in [7, 11) is 0. The standard InChI is InChI=1S/C14H18O3/c1-10-3-2-4-12(7-10)13(14(15)16)9-17-8-11-5-6-11/h2-4,7,11,13H,5-6,8-9H2,1H3,(H,15,16). The molecule has 1 aromatic carbocycles. The van der Waals surface area contributed by atoms with Gasteiger partial charge in [-0.3, -0.25) is 4.79 Å². The van der Waals surface area contributed by atoms with Gasteiger partial charge in [0.05, 0.1) is 6.61 Å². The number of carboxylic acid groups (broad SMARTS) is 1. The summed E-state index contributed by atoms with van der Waals surface area (Å²) in [6.07, 6.45) is 2.45. The summed E-state index contributed by atoms with van der Waals surface area (Å²) in [5.41, 5.74) is 1.91. The van der Waals surface area contributed by atoms with Crippen LogP contribution in [0.1, 0.15) is 29.9 Å². The van der Waals surface area contributed by atoms with E-state index in [1.807, 2.05) is 31.2 Å². The zero-order valence-electron chi connectivity index (χ0n) is 10.1. The van der Waals surface area contributed by atoms with Gasteiger partial charge in [-0.2, -0.15) is 0 Å². The van der Waals surface area contributed by atoms with E-state index in [9.17, 15) is 9.90 Å². The Morgan fingerprint density at radius 2 is 2.29 bits per heavy atom. The third-order valence-electron chi connectivity index (χ3n) is 3.08. The van der Waals surface area contributed by atoms with E-state index >= 15 is 0 Å². The average molecular weight is 234 g/mol. The van der Waals surface area contributed by atoms with E-state index in [0.29, 0.717) is 12.5 Å². The third-order valence-corrected chi connectivity index (χ3v) is 3.08. The SMILES string of the molecule is Cc1cccc(C(COCC2CC2)C(=O)O)c1. The number of ether oxygens (including phenoxy) is 1. The lowest BCUT2D eigenvalue weighted by Gasteiger charge is -2.13. The highest BCUT2D eigenvalue weighted by Crippen LogP contribution is 2.29. The van der Waals surface area contributed by atoms with Crippen LogP contribution < -0.4 is 0 Å². The summed E-state index contributed by atoms with van der Waals surface area (Å²) in [5, 5.41) is 9.22. The third kappa shape index (κ3) is 3.56. The van der Waals surface area contributed by atoms with E-state index in [1.54, 1.807) is 0 Å². The molecule has 1 aliphatic rings. The van der Waals surface area contributed by atoms with Gasteiger partial charge in [-0.05, 0) is 31.2 Å². The summed E-state index contributed by atoms with van der Waals surface area (Å²) in [4.78, 5) is 11.2. The summed E-state index contributed by atoms with van der Waals surface area (Å²) >= 11 is 0. The molecule has 3 heteroatoms. The molecule has 1 aliphatic carbocycles. The fourth-order valence-electron chi connectivity index (χ4n) is 1.83. The van der Waals surface area contributed by atoms with Crippen molar-refractivity contribution in [2.45, 2.75) is 25.7 Å².